The number of nitrogens with zero attached hydrogens (tertiary/aromatic N) is 2. The van der Waals surface area contributed by atoms with E-state index in [4.69, 9.17) is 0 Å². The third kappa shape index (κ3) is 3.48. The van der Waals surface area contributed by atoms with Gasteiger partial charge in [0.1, 0.15) is 5.82 Å². The molecule has 1 aromatic heterocycles. The summed E-state index contributed by atoms with van der Waals surface area (Å²) < 4.78 is 0. The van der Waals surface area contributed by atoms with E-state index < -0.39 is 0 Å². The minimum Gasteiger partial charge on any atom is -0.325 e. The normalized spacial score (nSPS) is 15.5. The van der Waals surface area contributed by atoms with Gasteiger partial charge in [-0.15, -0.1) is 11.8 Å². The molecule has 1 atom stereocenters. The van der Waals surface area contributed by atoms with Crippen molar-refractivity contribution in [3.63, 3.8) is 0 Å². The van der Waals surface area contributed by atoms with Crippen LogP contribution in [0.1, 0.15) is 17.0 Å². The summed E-state index contributed by atoms with van der Waals surface area (Å²) >= 11 is 1.65. The summed E-state index contributed by atoms with van der Waals surface area (Å²) in [5.41, 5.74) is 5.09. The molecule has 4 nitrogen and oxygen atoms in total. The van der Waals surface area contributed by atoms with Crippen molar-refractivity contribution in [2.24, 2.45) is 0 Å². The zero-order valence-corrected chi connectivity index (χ0v) is 15.5. The molecule has 2 heterocycles. The van der Waals surface area contributed by atoms with Crippen LogP contribution in [0.15, 0.2) is 59.6 Å². The number of thioether (sulfide) groups is 1. The van der Waals surface area contributed by atoms with Crippen molar-refractivity contribution in [3.8, 4) is 11.3 Å². The second kappa shape index (κ2) is 6.92. The molecular formula is C21H19N3OS. The number of benzene rings is 2. The molecule has 0 fully saturated rings. The maximum Gasteiger partial charge on any atom is 0.238 e. The van der Waals surface area contributed by atoms with E-state index >= 15 is 0 Å². The van der Waals surface area contributed by atoms with Gasteiger partial charge in [-0.1, -0.05) is 29.8 Å². The molecule has 0 saturated heterocycles. The fourth-order valence-corrected chi connectivity index (χ4v) is 4.37. The van der Waals surface area contributed by atoms with Gasteiger partial charge in [0.05, 0.1) is 10.9 Å². The van der Waals surface area contributed by atoms with Gasteiger partial charge in [0.25, 0.3) is 0 Å². The van der Waals surface area contributed by atoms with Gasteiger partial charge in [-0.25, -0.2) is 9.97 Å². The molecule has 130 valence electrons. The molecule has 1 unspecified atom stereocenters. The van der Waals surface area contributed by atoms with Gasteiger partial charge in [0.15, 0.2) is 0 Å². The summed E-state index contributed by atoms with van der Waals surface area (Å²) in [5.74, 6) is 0.771. The molecule has 0 bridgehead atoms. The summed E-state index contributed by atoms with van der Waals surface area (Å²) in [4.78, 5) is 22.5. The first-order valence-electron chi connectivity index (χ1n) is 8.55. The number of hydrogen-bond donors (Lipinski definition) is 1. The summed E-state index contributed by atoms with van der Waals surface area (Å²) in [6.45, 7) is 3.94. The van der Waals surface area contributed by atoms with Crippen molar-refractivity contribution < 1.29 is 4.79 Å². The quantitative estimate of drug-likeness (QED) is 0.750. The highest BCUT2D eigenvalue weighted by Gasteiger charge is 2.28. The Bertz CT molecular complexity index is 986. The number of anilines is 1. The summed E-state index contributed by atoms with van der Waals surface area (Å²) in [5, 5.41) is 2.97. The van der Waals surface area contributed by atoms with Gasteiger partial charge in [-0.2, -0.15) is 0 Å². The number of carbonyl (C=O) groups excluding carboxylic acids is 1. The van der Waals surface area contributed by atoms with Gasteiger partial charge in [-0.3, -0.25) is 4.79 Å². The van der Waals surface area contributed by atoms with Crippen molar-refractivity contribution in [3.05, 3.63) is 71.7 Å². The maximum absolute atomic E-state index is 12.7. The number of hydrogen-bond acceptors (Lipinski definition) is 4. The third-order valence-electron chi connectivity index (χ3n) is 4.39. The number of fused-ring (bicyclic) bond motifs is 1. The lowest BCUT2D eigenvalue weighted by Crippen LogP contribution is -2.24. The minimum absolute atomic E-state index is 0.0415. The molecule has 1 N–H and O–H groups in total. The van der Waals surface area contributed by atoms with Crippen LogP contribution in [0.2, 0.25) is 0 Å². The van der Waals surface area contributed by atoms with Crippen LogP contribution >= 0.6 is 11.8 Å². The molecule has 1 amide bonds. The Balaban J connectivity index is 1.50. The summed E-state index contributed by atoms with van der Waals surface area (Å²) in [6.07, 6.45) is 2.52. The van der Waals surface area contributed by atoms with E-state index in [0.29, 0.717) is 0 Å². The van der Waals surface area contributed by atoms with Crippen LogP contribution in [0, 0.1) is 13.8 Å². The van der Waals surface area contributed by atoms with Crippen LogP contribution in [0.3, 0.4) is 0 Å². The highest BCUT2D eigenvalue weighted by Crippen LogP contribution is 2.38. The Labute approximate surface area is 157 Å². The van der Waals surface area contributed by atoms with Crippen molar-refractivity contribution >= 4 is 23.4 Å². The van der Waals surface area contributed by atoms with Crippen molar-refractivity contribution in [2.45, 2.75) is 30.4 Å². The minimum atomic E-state index is -0.0863. The zero-order valence-electron chi connectivity index (χ0n) is 14.7. The molecule has 3 aromatic rings. The van der Waals surface area contributed by atoms with Crippen molar-refractivity contribution in [2.75, 3.05) is 5.32 Å². The lowest BCUT2D eigenvalue weighted by molar-refractivity contribution is -0.115. The number of rotatable bonds is 3. The van der Waals surface area contributed by atoms with E-state index in [2.05, 4.69) is 40.4 Å². The van der Waals surface area contributed by atoms with Gasteiger partial charge in [-0.05, 0) is 50.1 Å². The maximum atomic E-state index is 12.7. The second-order valence-electron chi connectivity index (χ2n) is 6.48. The van der Waals surface area contributed by atoms with Crippen molar-refractivity contribution in [1.29, 1.82) is 0 Å². The second-order valence-corrected chi connectivity index (χ2v) is 7.73. The smallest absolute Gasteiger partial charge is 0.238 e. The Kier molecular flexibility index (Phi) is 4.47. The molecule has 0 radical (unpaired) electrons. The molecule has 26 heavy (non-hydrogen) atoms. The lowest BCUT2D eigenvalue weighted by Gasteiger charge is -2.11. The first kappa shape index (κ1) is 16.8. The van der Waals surface area contributed by atoms with E-state index in [1.165, 1.54) is 16.0 Å². The average Bonchev–Trinajstić information content (AvgIpc) is 3.05. The van der Waals surface area contributed by atoms with Gasteiger partial charge in [0, 0.05) is 22.3 Å². The molecule has 0 saturated carbocycles. The number of carbonyl (C=O) groups is 1. The topological polar surface area (TPSA) is 54.9 Å². The van der Waals surface area contributed by atoms with E-state index in [9.17, 15) is 4.79 Å². The number of aromatic nitrogens is 2. The average molecular weight is 361 g/mol. The molecular weight excluding hydrogens is 342 g/mol. The molecule has 1 aliphatic heterocycles. The third-order valence-corrected chi connectivity index (χ3v) is 5.69. The zero-order chi connectivity index (χ0) is 18.1. The van der Waals surface area contributed by atoms with Gasteiger partial charge >= 0.3 is 0 Å². The predicted octanol–water partition coefficient (Wildman–Crippen LogP) is 4.42. The molecule has 2 aromatic carbocycles. The van der Waals surface area contributed by atoms with Gasteiger partial charge in [0.2, 0.25) is 5.91 Å². The van der Waals surface area contributed by atoms with E-state index in [1.54, 1.807) is 18.0 Å². The monoisotopic (exact) mass is 361 g/mol. The van der Waals surface area contributed by atoms with Crippen LogP contribution in [0.4, 0.5) is 5.69 Å². The summed E-state index contributed by atoms with van der Waals surface area (Å²) in [6, 6.07) is 16.0. The molecule has 4 rings (SSSR count). The number of nitrogens with one attached hydrogen (secondary N) is 1. The largest absolute Gasteiger partial charge is 0.325 e. The standard InChI is InChI=1S/C21H19N3OS/c1-13-6-7-16-12-20(26-19(16)10-13)21(25)24-17-5-3-4-15(11-17)18-8-9-22-14(2)23-18/h3-11,20H,12H2,1-2H3,(H,24,25). The SMILES string of the molecule is Cc1ccc2c(c1)SC(C(=O)Nc1cccc(-c3ccnc(C)n3)c1)C2. The molecule has 0 spiro atoms. The number of aryl methyl sites for hydroxylation is 2. The molecule has 0 aliphatic carbocycles. The van der Waals surface area contributed by atoms with Crippen LogP contribution in [-0.4, -0.2) is 21.1 Å². The van der Waals surface area contributed by atoms with E-state index in [1.807, 2.05) is 37.3 Å². The van der Waals surface area contributed by atoms with E-state index in [0.717, 1.165) is 29.2 Å². The Morgan fingerprint density at radius 1 is 1.15 bits per heavy atom. The fourth-order valence-electron chi connectivity index (χ4n) is 3.08. The lowest BCUT2D eigenvalue weighted by atomic mass is 10.1. The number of amides is 1. The van der Waals surface area contributed by atoms with E-state index in [-0.39, 0.29) is 11.2 Å². The summed E-state index contributed by atoms with van der Waals surface area (Å²) in [7, 11) is 0. The van der Waals surface area contributed by atoms with Crippen LogP contribution < -0.4 is 5.32 Å². The first-order chi connectivity index (χ1) is 12.6. The first-order valence-corrected chi connectivity index (χ1v) is 9.43. The van der Waals surface area contributed by atoms with Crippen LogP contribution in [-0.2, 0) is 11.2 Å². The Morgan fingerprint density at radius 3 is 2.88 bits per heavy atom. The highest BCUT2D eigenvalue weighted by molar-refractivity contribution is 8.01. The van der Waals surface area contributed by atoms with Crippen LogP contribution in [0.25, 0.3) is 11.3 Å². The fraction of sp³-hybridized carbons (Fsp3) is 0.190. The Hall–Kier alpha value is -2.66. The van der Waals surface area contributed by atoms with Crippen molar-refractivity contribution in [1.82, 2.24) is 9.97 Å². The predicted molar refractivity (Wildman–Crippen MR) is 105 cm³/mol. The highest BCUT2D eigenvalue weighted by atomic mass is 32.2. The molecule has 1 aliphatic rings. The van der Waals surface area contributed by atoms with Crippen LogP contribution in [0.5, 0.6) is 0 Å². The Morgan fingerprint density at radius 2 is 2.04 bits per heavy atom. The molecule has 5 heteroatoms. The van der Waals surface area contributed by atoms with Gasteiger partial charge < -0.3 is 5.32 Å².